The van der Waals surface area contributed by atoms with Gasteiger partial charge >= 0.3 is 0 Å². The van der Waals surface area contributed by atoms with Gasteiger partial charge in [0, 0.05) is 51.8 Å². The fraction of sp³-hybridized carbons (Fsp3) is 0.792. The van der Waals surface area contributed by atoms with Gasteiger partial charge in [0.05, 0.1) is 36.0 Å². The van der Waals surface area contributed by atoms with Gasteiger partial charge in [-0.2, -0.15) is 0 Å². The molecule has 0 bridgehead atoms. The highest BCUT2D eigenvalue weighted by Crippen LogP contribution is 2.42. The van der Waals surface area contributed by atoms with Gasteiger partial charge in [-0.1, -0.05) is 0 Å². The molecule has 5 rings (SSSR count). The number of methoxy groups -OCH3 is 1. The number of amides is 1. The van der Waals surface area contributed by atoms with Crippen LogP contribution in [0, 0.1) is 11.3 Å². The van der Waals surface area contributed by atoms with Gasteiger partial charge in [0.1, 0.15) is 12.1 Å². The molecule has 33 heavy (non-hydrogen) atoms. The fourth-order valence-electron chi connectivity index (χ4n) is 6.36. The first kappa shape index (κ1) is 23.0. The Morgan fingerprint density at radius 1 is 1.18 bits per heavy atom. The predicted molar refractivity (Wildman–Crippen MR) is 125 cm³/mol. The first-order chi connectivity index (χ1) is 16.0. The molecular formula is C24H38N6O3. The molecule has 1 saturated carbocycles. The molecule has 1 aromatic heterocycles. The molecule has 2 N–H and O–H groups in total. The van der Waals surface area contributed by atoms with E-state index < -0.39 is 0 Å². The Hall–Kier alpha value is -1.81. The maximum atomic E-state index is 12.7. The molecule has 9 nitrogen and oxygen atoms in total. The second kappa shape index (κ2) is 9.44. The van der Waals surface area contributed by atoms with E-state index in [4.69, 9.17) is 9.47 Å². The number of hydrazine groups is 1. The fourth-order valence-corrected chi connectivity index (χ4v) is 6.36. The Morgan fingerprint density at radius 3 is 2.70 bits per heavy atom. The summed E-state index contributed by atoms with van der Waals surface area (Å²) in [4.78, 5) is 26.1. The summed E-state index contributed by atoms with van der Waals surface area (Å²) in [6, 6.07) is 2.72. The van der Waals surface area contributed by atoms with Crippen LogP contribution in [0.25, 0.3) is 0 Å². The van der Waals surface area contributed by atoms with Crippen LogP contribution in [0.5, 0.6) is 0 Å². The number of fused-ring (bicyclic) bond motifs is 1. The van der Waals surface area contributed by atoms with E-state index in [1.807, 2.05) is 11.9 Å². The number of nitrogens with one attached hydrogen (secondary N) is 2. The molecule has 0 radical (unpaired) electrons. The van der Waals surface area contributed by atoms with Crippen molar-refractivity contribution in [1.82, 2.24) is 25.7 Å². The molecule has 4 heterocycles. The van der Waals surface area contributed by atoms with Crippen LogP contribution in [0.1, 0.15) is 57.2 Å². The largest absolute Gasteiger partial charge is 0.382 e. The van der Waals surface area contributed by atoms with Gasteiger partial charge in [-0.25, -0.2) is 15.4 Å². The molecule has 1 aliphatic carbocycles. The third kappa shape index (κ3) is 4.48. The molecule has 9 heteroatoms. The molecule has 4 unspecified atom stereocenters. The average Bonchev–Trinajstić information content (AvgIpc) is 3.37. The minimum absolute atomic E-state index is 0.108. The first-order valence-electron chi connectivity index (χ1n) is 12.5. The number of carbonyl (C=O) groups is 1. The molecule has 1 aromatic rings. The second-order valence-electron chi connectivity index (χ2n) is 10.4. The maximum absolute atomic E-state index is 12.7. The van der Waals surface area contributed by atoms with Crippen LogP contribution >= 0.6 is 0 Å². The molecule has 0 aromatic carbocycles. The van der Waals surface area contributed by atoms with Crippen molar-refractivity contribution in [2.45, 2.75) is 69.7 Å². The number of likely N-dealkylation sites (tertiary alicyclic amines) is 1. The normalized spacial score (nSPS) is 32.4. The molecule has 4 fully saturated rings. The smallest absolute Gasteiger partial charge is 0.228 e. The van der Waals surface area contributed by atoms with E-state index in [1.54, 1.807) is 13.4 Å². The quantitative estimate of drug-likeness (QED) is 0.665. The summed E-state index contributed by atoms with van der Waals surface area (Å²) in [6.07, 6.45) is 8.00. The zero-order valence-electron chi connectivity index (χ0n) is 20.1. The molecule has 3 saturated heterocycles. The van der Waals surface area contributed by atoms with Crippen LogP contribution in [-0.2, 0) is 14.3 Å². The van der Waals surface area contributed by atoms with Crippen LogP contribution in [0.4, 0.5) is 5.82 Å². The highest BCUT2D eigenvalue weighted by molar-refractivity contribution is 5.85. The molecular weight excluding hydrogens is 420 g/mol. The Bertz CT molecular complexity index is 845. The number of hydrogen-bond acceptors (Lipinski definition) is 8. The van der Waals surface area contributed by atoms with E-state index in [0.29, 0.717) is 24.5 Å². The Labute approximate surface area is 196 Å². The summed E-state index contributed by atoms with van der Waals surface area (Å²) in [5.41, 5.74) is 7.89. The summed E-state index contributed by atoms with van der Waals surface area (Å²) in [7, 11) is 3.64. The first-order valence-corrected chi connectivity index (χ1v) is 12.5. The van der Waals surface area contributed by atoms with Crippen LogP contribution in [-0.4, -0.2) is 79.4 Å². The lowest BCUT2D eigenvalue weighted by Crippen LogP contribution is -2.44. The summed E-state index contributed by atoms with van der Waals surface area (Å²) in [6.45, 7) is 5.32. The van der Waals surface area contributed by atoms with Crippen LogP contribution in [0.15, 0.2) is 12.4 Å². The van der Waals surface area contributed by atoms with Crippen molar-refractivity contribution in [3.05, 3.63) is 18.1 Å². The number of carbonyl (C=O) groups excluding carboxylic acids is 1. The van der Waals surface area contributed by atoms with Crippen molar-refractivity contribution in [3.63, 3.8) is 0 Å². The lowest BCUT2D eigenvalue weighted by molar-refractivity contribution is -0.135. The number of piperidine rings is 1. The van der Waals surface area contributed by atoms with Crippen LogP contribution in [0.3, 0.4) is 0 Å². The molecule has 5 atom stereocenters. The van der Waals surface area contributed by atoms with E-state index in [-0.39, 0.29) is 23.7 Å². The minimum atomic E-state index is -0.150. The number of anilines is 1. The van der Waals surface area contributed by atoms with E-state index in [2.05, 4.69) is 38.7 Å². The lowest BCUT2D eigenvalue weighted by atomic mass is 9.77. The molecule has 1 spiro atoms. The highest BCUT2D eigenvalue weighted by Gasteiger charge is 2.47. The van der Waals surface area contributed by atoms with E-state index >= 15 is 0 Å². The van der Waals surface area contributed by atoms with Gasteiger partial charge in [-0.3, -0.25) is 10.2 Å². The number of aromatic nitrogens is 2. The second-order valence-corrected chi connectivity index (χ2v) is 10.4. The maximum Gasteiger partial charge on any atom is 0.228 e. The summed E-state index contributed by atoms with van der Waals surface area (Å²) >= 11 is 0. The summed E-state index contributed by atoms with van der Waals surface area (Å²) in [5.74, 6) is 1.72. The monoisotopic (exact) mass is 458 g/mol. The van der Waals surface area contributed by atoms with Crippen molar-refractivity contribution >= 4 is 11.7 Å². The molecule has 1 amide bonds. The number of hydrogen-bond donors (Lipinski definition) is 2. The third-order valence-electron chi connectivity index (χ3n) is 8.29. The van der Waals surface area contributed by atoms with Crippen molar-refractivity contribution < 1.29 is 14.3 Å². The van der Waals surface area contributed by atoms with E-state index in [1.165, 1.54) is 0 Å². The topological polar surface area (TPSA) is 91.9 Å². The van der Waals surface area contributed by atoms with Gasteiger partial charge in [-0.05, 0) is 45.4 Å². The van der Waals surface area contributed by atoms with Gasteiger partial charge in [0.25, 0.3) is 0 Å². The van der Waals surface area contributed by atoms with Gasteiger partial charge < -0.3 is 19.3 Å². The van der Waals surface area contributed by atoms with E-state index in [9.17, 15) is 4.79 Å². The predicted octanol–water partition coefficient (Wildman–Crippen LogP) is 1.66. The zero-order valence-corrected chi connectivity index (χ0v) is 20.1. The minimum Gasteiger partial charge on any atom is -0.382 e. The summed E-state index contributed by atoms with van der Waals surface area (Å²) in [5, 5.41) is 0. The summed E-state index contributed by atoms with van der Waals surface area (Å²) < 4.78 is 11.5. The Morgan fingerprint density at radius 2 is 1.97 bits per heavy atom. The number of rotatable bonds is 6. The number of nitrogens with zero attached hydrogens (tertiary/aromatic N) is 4. The molecule has 3 aliphatic heterocycles. The van der Waals surface area contributed by atoms with Crippen molar-refractivity contribution in [2.75, 3.05) is 45.3 Å². The zero-order chi connectivity index (χ0) is 23.0. The van der Waals surface area contributed by atoms with Crippen molar-refractivity contribution in [1.29, 1.82) is 0 Å². The van der Waals surface area contributed by atoms with Crippen molar-refractivity contribution in [3.8, 4) is 0 Å². The Kier molecular flexibility index (Phi) is 6.57. The molecule has 182 valence electrons. The van der Waals surface area contributed by atoms with Gasteiger partial charge in [0.15, 0.2) is 0 Å². The van der Waals surface area contributed by atoms with Gasteiger partial charge in [-0.15, -0.1) is 0 Å². The lowest BCUT2D eigenvalue weighted by Gasteiger charge is -2.38. The van der Waals surface area contributed by atoms with Crippen LogP contribution in [0.2, 0.25) is 0 Å². The SMILES string of the molecule is COC[C@H](C)OC1CCC2NNC(c3cc(N4CCC5(CCN(C)C5=O)CC4)ncn3)C2C1. The standard InChI is InChI=1S/C24H38N6O3/c1-16(14-32-3)33-17-4-5-19-18(12-17)22(28-27-19)20-13-21(26-15-25-20)30-10-7-24(8-11-30)6-9-29(2)23(24)31/h13,15-19,22,27-28H,4-12,14H2,1-3H3/t16-,17?,18?,19?,22?/m0/s1. The van der Waals surface area contributed by atoms with Gasteiger partial charge in [0.2, 0.25) is 5.91 Å². The Balaban J connectivity index is 1.24. The molecule has 4 aliphatic rings. The third-order valence-corrected chi connectivity index (χ3v) is 8.29. The highest BCUT2D eigenvalue weighted by atomic mass is 16.5. The van der Waals surface area contributed by atoms with Crippen LogP contribution < -0.4 is 15.8 Å². The van der Waals surface area contributed by atoms with E-state index in [0.717, 1.165) is 69.7 Å². The number of ether oxygens (including phenoxy) is 2. The average molecular weight is 459 g/mol. The van der Waals surface area contributed by atoms with Crippen molar-refractivity contribution in [2.24, 2.45) is 11.3 Å².